The zero-order valence-electron chi connectivity index (χ0n) is 18.7. The molecule has 1 aromatic heterocycles. The molecule has 0 saturated heterocycles. The summed E-state index contributed by atoms with van der Waals surface area (Å²) in [6.45, 7) is 0.486. The van der Waals surface area contributed by atoms with Crippen LogP contribution >= 0.6 is 0 Å². The molecular formula is C27H27N3O3. The molecule has 1 aliphatic carbocycles. The Hall–Kier alpha value is -3.80. The second kappa shape index (κ2) is 8.98. The van der Waals surface area contributed by atoms with E-state index in [-0.39, 0.29) is 0 Å². The lowest BCUT2D eigenvalue weighted by atomic mass is 10.1. The van der Waals surface area contributed by atoms with E-state index in [0.717, 1.165) is 52.3 Å². The normalized spacial score (nSPS) is 14.0. The van der Waals surface area contributed by atoms with Crippen LogP contribution in [0.2, 0.25) is 0 Å². The van der Waals surface area contributed by atoms with Gasteiger partial charge in [0.05, 0.1) is 18.1 Å². The Morgan fingerprint density at radius 2 is 1.70 bits per heavy atom. The fourth-order valence-corrected chi connectivity index (χ4v) is 4.58. The van der Waals surface area contributed by atoms with Crippen LogP contribution in [0.25, 0.3) is 22.4 Å². The van der Waals surface area contributed by atoms with Gasteiger partial charge in [-0.2, -0.15) is 0 Å². The van der Waals surface area contributed by atoms with Crippen LogP contribution < -0.4 is 15.2 Å². The second-order valence-electron chi connectivity index (χ2n) is 8.47. The van der Waals surface area contributed by atoms with Crippen LogP contribution in [0, 0.1) is 0 Å². The SMILES string of the molecule is COc1ccc(COc2ccc(-c3nc4cc(C(N)=O)ccc4n3C3CCCC3)cc2)cc1. The van der Waals surface area contributed by atoms with Gasteiger partial charge < -0.3 is 19.8 Å². The summed E-state index contributed by atoms with van der Waals surface area (Å²) in [5.74, 6) is 2.11. The highest BCUT2D eigenvalue weighted by Crippen LogP contribution is 2.37. The molecule has 0 radical (unpaired) electrons. The van der Waals surface area contributed by atoms with Crippen LogP contribution in [0.1, 0.15) is 47.6 Å². The maximum Gasteiger partial charge on any atom is 0.248 e. The molecule has 5 rings (SSSR count). The number of fused-ring (bicyclic) bond motifs is 1. The standard InChI is InChI=1S/C27H27N3O3/c1-32-22-11-6-18(7-12-22)17-33-23-13-8-19(9-14-23)27-29-24-16-20(26(28)31)10-15-25(24)30(27)21-4-2-3-5-21/h6-16,21H,2-5,17H2,1H3,(H2,28,31). The smallest absolute Gasteiger partial charge is 0.248 e. The maximum absolute atomic E-state index is 11.7. The van der Waals surface area contributed by atoms with Crippen molar-refractivity contribution in [3.8, 4) is 22.9 Å². The molecule has 0 atom stereocenters. The van der Waals surface area contributed by atoms with Crippen molar-refractivity contribution in [3.63, 3.8) is 0 Å². The Morgan fingerprint density at radius 1 is 1.00 bits per heavy atom. The monoisotopic (exact) mass is 441 g/mol. The number of benzene rings is 3. The van der Waals surface area contributed by atoms with Crippen molar-refractivity contribution >= 4 is 16.9 Å². The van der Waals surface area contributed by atoms with Crippen LogP contribution in [-0.4, -0.2) is 22.6 Å². The fraction of sp³-hybridized carbons (Fsp3) is 0.259. The summed E-state index contributed by atoms with van der Waals surface area (Å²) in [7, 11) is 1.66. The van der Waals surface area contributed by atoms with E-state index in [2.05, 4.69) is 4.57 Å². The molecule has 1 amide bonds. The summed E-state index contributed by atoms with van der Waals surface area (Å²) < 4.78 is 13.5. The number of rotatable bonds is 7. The van der Waals surface area contributed by atoms with Crippen LogP contribution in [0.3, 0.4) is 0 Å². The van der Waals surface area contributed by atoms with Crippen molar-refractivity contribution in [2.45, 2.75) is 38.3 Å². The van der Waals surface area contributed by atoms with Gasteiger partial charge in [0.15, 0.2) is 0 Å². The zero-order valence-corrected chi connectivity index (χ0v) is 18.7. The quantitative estimate of drug-likeness (QED) is 0.410. The number of imidazole rings is 1. The van der Waals surface area contributed by atoms with Gasteiger partial charge >= 0.3 is 0 Å². The molecule has 3 aromatic carbocycles. The Morgan fingerprint density at radius 3 is 2.36 bits per heavy atom. The second-order valence-corrected chi connectivity index (χ2v) is 8.47. The van der Waals surface area contributed by atoms with Gasteiger partial charge in [0, 0.05) is 17.2 Å². The minimum Gasteiger partial charge on any atom is -0.497 e. The molecule has 33 heavy (non-hydrogen) atoms. The molecule has 6 heteroatoms. The molecule has 4 aromatic rings. The third kappa shape index (κ3) is 4.29. The third-order valence-corrected chi connectivity index (χ3v) is 6.34. The average molecular weight is 442 g/mol. The average Bonchev–Trinajstić information content (AvgIpc) is 3.50. The highest BCUT2D eigenvalue weighted by Gasteiger charge is 2.23. The van der Waals surface area contributed by atoms with Crippen molar-refractivity contribution in [1.29, 1.82) is 0 Å². The van der Waals surface area contributed by atoms with Crippen LogP contribution in [0.5, 0.6) is 11.5 Å². The van der Waals surface area contributed by atoms with E-state index >= 15 is 0 Å². The number of methoxy groups -OCH3 is 1. The summed E-state index contributed by atoms with van der Waals surface area (Å²) in [5.41, 5.74) is 9.91. The Bertz CT molecular complexity index is 1270. The number of primary amides is 1. The molecule has 0 aliphatic heterocycles. The van der Waals surface area contributed by atoms with E-state index in [1.807, 2.05) is 54.6 Å². The topological polar surface area (TPSA) is 79.4 Å². The van der Waals surface area contributed by atoms with E-state index in [4.69, 9.17) is 20.2 Å². The van der Waals surface area contributed by atoms with E-state index in [0.29, 0.717) is 18.2 Å². The largest absolute Gasteiger partial charge is 0.497 e. The van der Waals surface area contributed by atoms with Gasteiger partial charge in [0.25, 0.3) is 0 Å². The number of nitrogens with two attached hydrogens (primary N) is 1. The highest BCUT2D eigenvalue weighted by atomic mass is 16.5. The molecule has 0 spiro atoms. The number of carbonyl (C=O) groups excluding carboxylic acids is 1. The minimum atomic E-state index is -0.438. The van der Waals surface area contributed by atoms with Gasteiger partial charge in [-0.25, -0.2) is 4.98 Å². The summed E-state index contributed by atoms with van der Waals surface area (Å²) >= 11 is 0. The highest BCUT2D eigenvalue weighted by molar-refractivity contribution is 5.96. The third-order valence-electron chi connectivity index (χ3n) is 6.34. The fourth-order valence-electron chi connectivity index (χ4n) is 4.58. The summed E-state index contributed by atoms with van der Waals surface area (Å²) in [6, 6.07) is 21.9. The first kappa shape index (κ1) is 21.1. The Kier molecular flexibility index (Phi) is 5.73. The number of hydrogen-bond donors (Lipinski definition) is 1. The van der Waals surface area contributed by atoms with Crippen LogP contribution in [0.4, 0.5) is 0 Å². The van der Waals surface area contributed by atoms with Crippen LogP contribution in [-0.2, 0) is 6.61 Å². The first-order valence-corrected chi connectivity index (χ1v) is 11.3. The predicted molar refractivity (Wildman–Crippen MR) is 129 cm³/mol. The molecule has 1 aliphatic rings. The van der Waals surface area contributed by atoms with Crippen molar-refractivity contribution < 1.29 is 14.3 Å². The molecule has 6 nitrogen and oxygen atoms in total. The van der Waals surface area contributed by atoms with Crippen molar-refractivity contribution in [1.82, 2.24) is 9.55 Å². The van der Waals surface area contributed by atoms with Gasteiger partial charge in [0.1, 0.15) is 23.9 Å². The Labute approximate surface area is 193 Å². The lowest BCUT2D eigenvalue weighted by Gasteiger charge is -2.17. The predicted octanol–water partition coefficient (Wildman–Crippen LogP) is 5.50. The molecule has 0 unspecified atom stereocenters. The maximum atomic E-state index is 11.7. The molecular weight excluding hydrogens is 414 g/mol. The van der Waals surface area contributed by atoms with E-state index in [1.54, 1.807) is 19.2 Å². The van der Waals surface area contributed by atoms with Gasteiger partial charge in [-0.15, -0.1) is 0 Å². The molecule has 1 fully saturated rings. The number of amides is 1. The lowest BCUT2D eigenvalue weighted by molar-refractivity contribution is 0.100. The Balaban J connectivity index is 1.42. The summed E-state index contributed by atoms with van der Waals surface area (Å²) in [5, 5.41) is 0. The number of ether oxygens (including phenoxy) is 2. The van der Waals surface area contributed by atoms with Crippen molar-refractivity contribution in [2.24, 2.45) is 5.73 Å². The first-order valence-electron chi connectivity index (χ1n) is 11.3. The number of hydrogen-bond acceptors (Lipinski definition) is 4. The molecule has 1 heterocycles. The molecule has 0 bridgehead atoms. The van der Waals surface area contributed by atoms with Gasteiger partial charge in [-0.05, 0) is 73.0 Å². The van der Waals surface area contributed by atoms with Gasteiger partial charge in [0.2, 0.25) is 5.91 Å². The molecule has 2 N–H and O–H groups in total. The van der Waals surface area contributed by atoms with Crippen molar-refractivity contribution in [2.75, 3.05) is 7.11 Å². The minimum absolute atomic E-state index is 0.412. The summed E-state index contributed by atoms with van der Waals surface area (Å²) in [4.78, 5) is 16.6. The van der Waals surface area contributed by atoms with Crippen LogP contribution in [0.15, 0.2) is 66.7 Å². The zero-order chi connectivity index (χ0) is 22.8. The van der Waals surface area contributed by atoms with Gasteiger partial charge in [-0.1, -0.05) is 25.0 Å². The lowest BCUT2D eigenvalue weighted by Crippen LogP contribution is -2.10. The molecule has 168 valence electrons. The first-order chi connectivity index (χ1) is 16.1. The summed E-state index contributed by atoms with van der Waals surface area (Å²) in [6.07, 6.45) is 4.72. The van der Waals surface area contributed by atoms with E-state index < -0.39 is 5.91 Å². The van der Waals surface area contributed by atoms with Crippen molar-refractivity contribution in [3.05, 3.63) is 77.9 Å². The van der Waals surface area contributed by atoms with Gasteiger partial charge in [-0.3, -0.25) is 4.79 Å². The molecule has 1 saturated carbocycles. The number of nitrogens with zero attached hydrogens (tertiary/aromatic N) is 2. The number of aromatic nitrogens is 2. The van der Waals surface area contributed by atoms with E-state index in [1.165, 1.54) is 12.8 Å². The van der Waals surface area contributed by atoms with E-state index in [9.17, 15) is 4.79 Å². The number of carbonyl (C=O) groups is 1.